The predicted molar refractivity (Wildman–Crippen MR) is 67.3 cm³/mol. The Hall–Kier alpha value is -0.0800. The van der Waals surface area contributed by atoms with E-state index in [0.717, 1.165) is 38.6 Å². The largest absolute Gasteiger partial charge is 0.381 e. The molecule has 0 aromatic rings. The molecular weight excluding hydrogens is 186 g/mol. The van der Waals surface area contributed by atoms with Crippen LogP contribution < -0.4 is 5.32 Å². The van der Waals surface area contributed by atoms with E-state index in [0.29, 0.717) is 0 Å². The minimum absolute atomic E-state index is 0.750. The van der Waals surface area contributed by atoms with E-state index in [2.05, 4.69) is 26.1 Å². The van der Waals surface area contributed by atoms with Gasteiger partial charge >= 0.3 is 0 Å². The first-order chi connectivity index (χ1) is 7.27. The third-order valence-corrected chi connectivity index (χ3v) is 2.34. The molecular formula is C13H29NO. The van der Waals surface area contributed by atoms with Gasteiger partial charge in [0.15, 0.2) is 0 Å². The Bertz CT molecular complexity index is 115. The number of rotatable bonds is 11. The molecule has 0 rings (SSSR count). The molecule has 0 spiro atoms. The van der Waals surface area contributed by atoms with Gasteiger partial charge in [-0.25, -0.2) is 0 Å². The molecule has 2 heteroatoms. The summed E-state index contributed by atoms with van der Waals surface area (Å²) in [6, 6.07) is 0. The van der Waals surface area contributed by atoms with Gasteiger partial charge in [-0.2, -0.15) is 0 Å². The van der Waals surface area contributed by atoms with Gasteiger partial charge in [-0.15, -0.1) is 0 Å². The molecule has 0 aliphatic rings. The smallest absolute Gasteiger partial charge is 0.0478 e. The molecule has 2 nitrogen and oxygen atoms in total. The summed E-state index contributed by atoms with van der Waals surface area (Å²) in [7, 11) is 0. The zero-order valence-corrected chi connectivity index (χ0v) is 10.8. The van der Waals surface area contributed by atoms with Crippen molar-refractivity contribution >= 4 is 0 Å². The summed E-state index contributed by atoms with van der Waals surface area (Å²) < 4.78 is 5.55. The lowest BCUT2D eigenvalue weighted by molar-refractivity contribution is 0.127. The van der Waals surface area contributed by atoms with Gasteiger partial charge in [0.25, 0.3) is 0 Å². The molecule has 92 valence electrons. The van der Waals surface area contributed by atoms with E-state index in [1.54, 1.807) is 0 Å². The Morgan fingerprint density at radius 1 is 1.00 bits per heavy atom. The molecule has 0 fully saturated rings. The Labute approximate surface area is 95.8 Å². The maximum absolute atomic E-state index is 5.55. The topological polar surface area (TPSA) is 21.3 Å². The lowest BCUT2D eigenvalue weighted by Gasteiger charge is -2.07. The van der Waals surface area contributed by atoms with Crippen molar-refractivity contribution in [2.75, 3.05) is 26.3 Å². The summed E-state index contributed by atoms with van der Waals surface area (Å²) in [5.41, 5.74) is 0. The fourth-order valence-electron chi connectivity index (χ4n) is 1.42. The molecule has 0 saturated carbocycles. The van der Waals surface area contributed by atoms with Gasteiger partial charge in [-0.3, -0.25) is 0 Å². The highest BCUT2D eigenvalue weighted by atomic mass is 16.5. The Morgan fingerprint density at radius 3 is 2.40 bits per heavy atom. The van der Waals surface area contributed by atoms with Gasteiger partial charge in [-0.1, -0.05) is 40.0 Å². The maximum Gasteiger partial charge on any atom is 0.0478 e. The van der Waals surface area contributed by atoms with Gasteiger partial charge in [0.05, 0.1) is 0 Å². The van der Waals surface area contributed by atoms with Crippen LogP contribution in [0, 0.1) is 5.92 Å². The molecule has 0 bridgehead atoms. The van der Waals surface area contributed by atoms with Gasteiger partial charge in [0, 0.05) is 13.2 Å². The first kappa shape index (κ1) is 14.9. The average Bonchev–Trinajstić information content (AvgIpc) is 2.20. The zero-order chi connectivity index (χ0) is 11.4. The second kappa shape index (κ2) is 12.0. The zero-order valence-electron chi connectivity index (χ0n) is 10.8. The van der Waals surface area contributed by atoms with Crippen LogP contribution in [-0.4, -0.2) is 26.3 Å². The monoisotopic (exact) mass is 215 g/mol. The van der Waals surface area contributed by atoms with Crippen LogP contribution in [0.4, 0.5) is 0 Å². The van der Waals surface area contributed by atoms with E-state index >= 15 is 0 Å². The molecule has 15 heavy (non-hydrogen) atoms. The number of unbranched alkanes of at least 4 members (excludes halogenated alkanes) is 3. The van der Waals surface area contributed by atoms with E-state index in [4.69, 9.17) is 4.74 Å². The van der Waals surface area contributed by atoms with E-state index in [1.807, 2.05) is 0 Å². The molecule has 0 heterocycles. The van der Waals surface area contributed by atoms with Crippen molar-refractivity contribution < 1.29 is 4.74 Å². The summed E-state index contributed by atoms with van der Waals surface area (Å²) in [6.45, 7) is 10.8. The summed E-state index contributed by atoms with van der Waals surface area (Å²) in [5.74, 6) is 0.750. The predicted octanol–water partition coefficient (Wildman–Crippen LogP) is 3.22. The van der Waals surface area contributed by atoms with Crippen molar-refractivity contribution in [2.24, 2.45) is 5.92 Å². The quantitative estimate of drug-likeness (QED) is 0.534. The average molecular weight is 215 g/mol. The number of hydrogen-bond acceptors (Lipinski definition) is 2. The molecule has 1 N–H and O–H groups in total. The van der Waals surface area contributed by atoms with Crippen molar-refractivity contribution in [1.29, 1.82) is 0 Å². The second-order valence-corrected chi connectivity index (χ2v) is 4.62. The molecule has 0 atom stereocenters. The van der Waals surface area contributed by atoms with Crippen molar-refractivity contribution in [2.45, 2.75) is 52.9 Å². The van der Waals surface area contributed by atoms with Gasteiger partial charge in [-0.05, 0) is 31.8 Å². The SMILES string of the molecule is CCCCCCOCCCNCC(C)C. The lowest BCUT2D eigenvalue weighted by Crippen LogP contribution is -2.21. The summed E-state index contributed by atoms with van der Waals surface area (Å²) in [6.07, 6.45) is 6.34. The van der Waals surface area contributed by atoms with Crippen LogP contribution in [0.15, 0.2) is 0 Å². The van der Waals surface area contributed by atoms with Crippen LogP contribution in [0.5, 0.6) is 0 Å². The van der Waals surface area contributed by atoms with E-state index in [1.165, 1.54) is 25.7 Å². The molecule has 0 amide bonds. The Balaban J connectivity index is 2.87. The number of nitrogens with one attached hydrogen (secondary N) is 1. The van der Waals surface area contributed by atoms with Crippen molar-refractivity contribution in [3.63, 3.8) is 0 Å². The number of hydrogen-bond donors (Lipinski definition) is 1. The highest BCUT2D eigenvalue weighted by molar-refractivity contribution is 4.50. The third kappa shape index (κ3) is 13.9. The lowest BCUT2D eigenvalue weighted by atomic mass is 10.2. The second-order valence-electron chi connectivity index (χ2n) is 4.62. The summed E-state index contributed by atoms with van der Waals surface area (Å²) in [4.78, 5) is 0. The molecule has 0 unspecified atom stereocenters. The van der Waals surface area contributed by atoms with Gasteiger partial charge < -0.3 is 10.1 Å². The molecule has 0 aromatic carbocycles. The van der Waals surface area contributed by atoms with Crippen LogP contribution in [-0.2, 0) is 4.74 Å². The van der Waals surface area contributed by atoms with Gasteiger partial charge in [0.1, 0.15) is 0 Å². The van der Waals surface area contributed by atoms with Gasteiger partial charge in [0.2, 0.25) is 0 Å². The van der Waals surface area contributed by atoms with E-state index in [9.17, 15) is 0 Å². The Morgan fingerprint density at radius 2 is 1.73 bits per heavy atom. The minimum atomic E-state index is 0.750. The maximum atomic E-state index is 5.55. The highest BCUT2D eigenvalue weighted by Gasteiger charge is 1.93. The van der Waals surface area contributed by atoms with Crippen molar-refractivity contribution in [3.8, 4) is 0 Å². The molecule has 0 aliphatic heterocycles. The standard InChI is InChI=1S/C13H29NO/c1-4-5-6-7-10-15-11-8-9-14-12-13(2)3/h13-14H,4-12H2,1-3H3. The fraction of sp³-hybridized carbons (Fsp3) is 1.00. The molecule has 0 aliphatic carbocycles. The van der Waals surface area contributed by atoms with Crippen molar-refractivity contribution in [1.82, 2.24) is 5.32 Å². The first-order valence-electron chi connectivity index (χ1n) is 6.55. The van der Waals surface area contributed by atoms with E-state index < -0.39 is 0 Å². The summed E-state index contributed by atoms with van der Waals surface area (Å²) >= 11 is 0. The van der Waals surface area contributed by atoms with Crippen LogP contribution >= 0.6 is 0 Å². The first-order valence-corrected chi connectivity index (χ1v) is 6.55. The summed E-state index contributed by atoms with van der Waals surface area (Å²) in [5, 5.41) is 3.42. The third-order valence-electron chi connectivity index (χ3n) is 2.34. The van der Waals surface area contributed by atoms with Crippen LogP contribution in [0.1, 0.15) is 52.9 Å². The fourth-order valence-corrected chi connectivity index (χ4v) is 1.42. The normalized spacial score (nSPS) is 11.2. The van der Waals surface area contributed by atoms with E-state index in [-0.39, 0.29) is 0 Å². The van der Waals surface area contributed by atoms with Crippen LogP contribution in [0.2, 0.25) is 0 Å². The van der Waals surface area contributed by atoms with Crippen LogP contribution in [0.25, 0.3) is 0 Å². The highest BCUT2D eigenvalue weighted by Crippen LogP contribution is 1.98. The molecule has 0 aromatic heterocycles. The minimum Gasteiger partial charge on any atom is -0.381 e. The van der Waals surface area contributed by atoms with Crippen LogP contribution in [0.3, 0.4) is 0 Å². The molecule has 0 saturated heterocycles. The number of ether oxygens (including phenoxy) is 1. The molecule has 0 radical (unpaired) electrons. The Kier molecular flexibility index (Phi) is 11.9. The van der Waals surface area contributed by atoms with Crippen molar-refractivity contribution in [3.05, 3.63) is 0 Å².